The third kappa shape index (κ3) is 3.78. The number of aryl methyl sites for hydroxylation is 2. The molecule has 3 aromatic rings. The highest BCUT2D eigenvalue weighted by atomic mass is 35.5. The van der Waals surface area contributed by atoms with E-state index >= 15 is 0 Å². The summed E-state index contributed by atoms with van der Waals surface area (Å²) in [6, 6.07) is 5.43. The zero-order chi connectivity index (χ0) is 17.3. The summed E-state index contributed by atoms with van der Waals surface area (Å²) in [7, 11) is 0. The maximum absolute atomic E-state index is 6.04. The fourth-order valence-corrected chi connectivity index (χ4v) is 4.01. The molecule has 4 nitrogen and oxygen atoms in total. The Kier molecular flexibility index (Phi) is 5.20. The van der Waals surface area contributed by atoms with E-state index in [0.29, 0.717) is 10.0 Å². The quantitative estimate of drug-likeness (QED) is 0.432. The Morgan fingerprint density at radius 3 is 2.62 bits per heavy atom. The van der Waals surface area contributed by atoms with Crippen molar-refractivity contribution < 1.29 is 0 Å². The van der Waals surface area contributed by atoms with Gasteiger partial charge >= 0.3 is 0 Å². The van der Waals surface area contributed by atoms with E-state index in [4.69, 9.17) is 23.2 Å². The van der Waals surface area contributed by atoms with E-state index < -0.39 is 0 Å². The first-order chi connectivity index (χ1) is 11.4. The molecule has 0 aliphatic rings. The number of thiazole rings is 2. The number of hydrogen-bond donors (Lipinski definition) is 1. The lowest BCUT2D eigenvalue weighted by molar-refractivity contribution is 1.20. The number of aromatic nitrogens is 2. The number of anilines is 1. The number of hydrazone groups is 1. The van der Waals surface area contributed by atoms with Gasteiger partial charge in [0.2, 0.25) is 5.13 Å². The van der Waals surface area contributed by atoms with Crippen molar-refractivity contribution in [3.63, 3.8) is 0 Å². The highest BCUT2D eigenvalue weighted by Crippen LogP contribution is 2.32. The van der Waals surface area contributed by atoms with Crippen LogP contribution >= 0.6 is 45.9 Å². The van der Waals surface area contributed by atoms with Crippen LogP contribution in [0.1, 0.15) is 23.2 Å². The zero-order valence-electron chi connectivity index (χ0n) is 13.2. The topological polar surface area (TPSA) is 50.2 Å². The van der Waals surface area contributed by atoms with E-state index in [1.807, 2.05) is 32.2 Å². The van der Waals surface area contributed by atoms with Gasteiger partial charge in [-0.3, -0.25) is 5.43 Å². The van der Waals surface area contributed by atoms with Gasteiger partial charge in [0.15, 0.2) is 0 Å². The highest BCUT2D eigenvalue weighted by Gasteiger charge is 2.11. The summed E-state index contributed by atoms with van der Waals surface area (Å²) in [6.07, 6.45) is 0. The number of halogens is 2. The maximum atomic E-state index is 6.04. The molecule has 0 aliphatic heterocycles. The van der Waals surface area contributed by atoms with Gasteiger partial charge in [0.1, 0.15) is 0 Å². The van der Waals surface area contributed by atoms with Crippen LogP contribution < -0.4 is 5.43 Å². The standard InChI is InChI=1S/C16H14Cl2N4S2/c1-8(11-4-5-12(17)13(18)6-11)21-22-16-20-14(7-23-16)15-9(2)19-10(3)24-15/h4-7H,1-3H3,(H,20,22)/b21-8-. The van der Waals surface area contributed by atoms with Crippen molar-refractivity contribution in [1.29, 1.82) is 0 Å². The van der Waals surface area contributed by atoms with Gasteiger partial charge in [-0.15, -0.1) is 22.7 Å². The molecule has 124 valence electrons. The Morgan fingerprint density at radius 1 is 1.17 bits per heavy atom. The molecular weight excluding hydrogens is 383 g/mol. The van der Waals surface area contributed by atoms with Gasteiger partial charge in [0, 0.05) is 5.38 Å². The lowest BCUT2D eigenvalue weighted by Crippen LogP contribution is -1.99. The van der Waals surface area contributed by atoms with Crippen LogP contribution in [-0.2, 0) is 0 Å². The molecule has 0 unspecified atom stereocenters. The second-order valence-corrected chi connectivity index (χ2v) is 8.00. The van der Waals surface area contributed by atoms with E-state index in [1.165, 1.54) is 11.3 Å². The monoisotopic (exact) mass is 396 g/mol. The van der Waals surface area contributed by atoms with Crippen LogP contribution in [-0.4, -0.2) is 15.7 Å². The van der Waals surface area contributed by atoms with E-state index in [9.17, 15) is 0 Å². The second kappa shape index (κ2) is 7.19. The summed E-state index contributed by atoms with van der Waals surface area (Å²) in [5, 5.41) is 9.19. The first kappa shape index (κ1) is 17.4. The van der Waals surface area contributed by atoms with Gasteiger partial charge in [-0.1, -0.05) is 29.3 Å². The Bertz CT molecular complexity index is 915. The molecule has 0 aliphatic carbocycles. The van der Waals surface area contributed by atoms with Crippen LogP contribution in [0.3, 0.4) is 0 Å². The summed E-state index contributed by atoms with van der Waals surface area (Å²) in [4.78, 5) is 10.1. The fraction of sp³-hybridized carbons (Fsp3) is 0.188. The van der Waals surface area contributed by atoms with Crippen LogP contribution in [0.25, 0.3) is 10.6 Å². The maximum Gasteiger partial charge on any atom is 0.203 e. The number of rotatable bonds is 4. The average molecular weight is 397 g/mol. The van der Waals surface area contributed by atoms with Gasteiger partial charge in [-0.05, 0) is 38.5 Å². The Morgan fingerprint density at radius 2 is 1.96 bits per heavy atom. The smallest absolute Gasteiger partial charge is 0.203 e. The summed E-state index contributed by atoms with van der Waals surface area (Å²) < 4.78 is 0. The molecule has 2 heterocycles. The van der Waals surface area contributed by atoms with Crippen molar-refractivity contribution >= 4 is 56.7 Å². The minimum absolute atomic E-state index is 0.510. The number of nitrogens with zero attached hydrogens (tertiary/aromatic N) is 3. The Labute approximate surface area is 158 Å². The number of hydrogen-bond acceptors (Lipinski definition) is 6. The largest absolute Gasteiger partial charge is 0.252 e. The summed E-state index contributed by atoms with van der Waals surface area (Å²) >= 11 is 15.1. The first-order valence-electron chi connectivity index (χ1n) is 7.09. The van der Waals surface area contributed by atoms with Crippen LogP contribution in [0.5, 0.6) is 0 Å². The molecule has 0 atom stereocenters. The van der Waals surface area contributed by atoms with Gasteiger partial charge in [-0.2, -0.15) is 5.10 Å². The molecule has 1 aromatic carbocycles. The minimum Gasteiger partial charge on any atom is -0.252 e. The molecule has 2 aromatic heterocycles. The number of benzene rings is 1. The molecule has 0 amide bonds. The van der Waals surface area contributed by atoms with Crippen molar-refractivity contribution in [3.05, 3.63) is 49.9 Å². The van der Waals surface area contributed by atoms with Gasteiger partial charge in [0.25, 0.3) is 0 Å². The molecule has 24 heavy (non-hydrogen) atoms. The minimum atomic E-state index is 0.510. The van der Waals surface area contributed by atoms with Crippen LogP contribution in [0.4, 0.5) is 5.13 Å². The van der Waals surface area contributed by atoms with Crippen molar-refractivity contribution in [2.24, 2.45) is 5.10 Å². The SMILES string of the molecule is C/C(=N/Nc1nc(-c2sc(C)nc2C)cs1)c1ccc(Cl)c(Cl)c1. The molecule has 1 N–H and O–H groups in total. The van der Waals surface area contributed by atoms with Crippen molar-refractivity contribution in [3.8, 4) is 10.6 Å². The normalized spacial score (nSPS) is 11.8. The summed E-state index contributed by atoms with van der Waals surface area (Å²) in [5.74, 6) is 0. The van der Waals surface area contributed by atoms with Crippen LogP contribution in [0, 0.1) is 13.8 Å². The highest BCUT2D eigenvalue weighted by molar-refractivity contribution is 7.16. The van der Waals surface area contributed by atoms with Crippen molar-refractivity contribution in [2.75, 3.05) is 5.43 Å². The molecule has 0 bridgehead atoms. The zero-order valence-corrected chi connectivity index (χ0v) is 16.4. The van der Waals surface area contributed by atoms with Crippen molar-refractivity contribution in [1.82, 2.24) is 9.97 Å². The van der Waals surface area contributed by atoms with E-state index in [1.54, 1.807) is 23.5 Å². The van der Waals surface area contributed by atoms with E-state index in [0.717, 1.165) is 37.7 Å². The molecule has 0 saturated carbocycles. The lowest BCUT2D eigenvalue weighted by Gasteiger charge is -2.03. The third-order valence-electron chi connectivity index (χ3n) is 3.30. The van der Waals surface area contributed by atoms with Crippen LogP contribution in [0.2, 0.25) is 10.0 Å². The molecule has 0 saturated heterocycles. The molecular formula is C16H14Cl2N4S2. The van der Waals surface area contributed by atoms with Gasteiger partial charge in [0.05, 0.1) is 37.0 Å². The second-order valence-electron chi connectivity index (χ2n) is 5.12. The molecule has 0 fully saturated rings. The molecule has 0 spiro atoms. The van der Waals surface area contributed by atoms with Crippen molar-refractivity contribution in [2.45, 2.75) is 20.8 Å². The third-order valence-corrected chi connectivity index (χ3v) is 5.88. The predicted octanol–water partition coefficient (Wildman–Crippen LogP) is 6.03. The summed E-state index contributed by atoms with van der Waals surface area (Å²) in [5.41, 5.74) is 6.63. The Balaban J connectivity index is 1.77. The first-order valence-corrected chi connectivity index (χ1v) is 9.55. The molecule has 0 radical (unpaired) electrons. The molecule has 3 rings (SSSR count). The molecule has 8 heteroatoms. The van der Waals surface area contributed by atoms with Crippen LogP contribution in [0.15, 0.2) is 28.7 Å². The Hall–Kier alpha value is -1.47. The van der Waals surface area contributed by atoms with Gasteiger partial charge < -0.3 is 0 Å². The van der Waals surface area contributed by atoms with E-state index in [2.05, 4.69) is 20.5 Å². The number of nitrogens with one attached hydrogen (secondary N) is 1. The summed E-state index contributed by atoms with van der Waals surface area (Å²) in [6.45, 7) is 5.90. The lowest BCUT2D eigenvalue weighted by atomic mass is 10.1. The van der Waals surface area contributed by atoms with Gasteiger partial charge in [-0.25, -0.2) is 9.97 Å². The fourth-order valence-electron chi connectivity index (χ4n) is 2.12. The predicted molar refractivity (Wildman–Crippen MR) is 105 cm³/mol. The van der Waals surface area contributed by atoms with E-state index in [-0.39, 0.29) is 0 Å². The average Bonchev–Trinajstić information content (AvgIpc) is 3.13.